The van der Waals surface area contributed by atoms with Gasteiger partial charge in [-0.2, -0.15) is 23.5 Å². The second-order valence-corrected chi connectivity index (χ2v) is 4.27. The van der Waals surface area contributed by atoms with Gasteiger partial charge < -0.3 is 0 Å². The van der Waals surface area contributed by atoms with Crippen molar-refractivity contribution in [3.63, 3.8) is 0 Å². The van der Waals surface area contributed by atoms with E-state index in [1.54, 1.807) is 0 Å². The van der Waals surface area contributed by atoms with Crippen LogP contribution in [0.25, 0.3) is 0 Å². The molecule has 0 fully saturated rings. The molecule has 0 spiro atoms. The van der Waals surface area contributed by atoms with Gasteiger partial charge in [-0.25, -0.2) is 0 Å². The monoisotopic (exact) mass is 160 g/mol. The topological polar surface area (TPSA) is 0 Å². The Labute approximate surface area is 65.5 Å². The predicted molar refractivity (Wildman–Crippen MR) is 48.4 cm³/mol. The molecular weight excluding hydrogens is 148 g/mol. The van der Waals surface area contributed by atoms with E-state index in [0.29, 0.717) is 0 Å². The number of thioether (sulfide) groups is 2. The lowest BCUT2D eigenvalue weighted by atomic mass is 10.6. The minimum absolute atomic E-state index is 1.22. The van der Waals surface area contributed by atoms with Crippen LogP contribution in [0.15, 0.2) is 12.2 Å². The van der Waals surface area contributed by atoms with E-state index in [9.17, 15) is 0 Å². The zero-order chi connectivity index (χ0) is 6.36. The van der Waals surface area contributed by atoms with Gasteiger partial charge in [-0.3, -0.25) is 0 Å². The molecule has 1 aliphatic heterocycles. The van der Waals surface area contributed by atoms with Crippen molar-refractivity contribution in [2.24, 2.45) is 0 Å². The Balaban J connectivity index is 2.15. The zero-order valence-corrected chi connectivity index (χ0v) is 7.14. The summed E-state index contributed by atoms with van der Waals surface area (Å²) >= 11 is 4.08. The van der Waals surface area contributed by atoms with Crippen LogP contribution in [0.1, 0.15) is 6.42 Å². The number of rotatable bonds is 0. The molecule has 0 aromatic rings. The Bertz CT molecular complexity index is 78.9. The minimum atomic E-state index is 1.22. The van der Waals surface area contributed by atoms with Gasteiger partial charge in [0, 0.05) is 11.5 Å². The van der Waals surface area contributed by atoms with Crippen LogP contribution in [0, 0.1) is 0 Å². The van der Waals surface area contributed by atoms with Crippen LogP contribution >= 0.6 is 23.5 Å². The lowest BCUT2D eigenvalue weighted by molar-refractivity contribution is 1.13. The van der Waals surface area contributed by atoms with Crippen LogP contribution in [0.3, 0.4) is 0 Å². The van der Waals surface area contributed by atoms with Gasteiger partial charge in [-0.15, -0.1) is 0 Å². The van der Waals surface area contributed by atoms with Crippen LogP contribution in [0.5, 0.6) is 0 Å². The van der Waals surface area contributed by atoms with Crippen molar-refractivity contribution in [2.45, 2.75) is 6.42 Å². The number of hydrogen-bond donors (Lipinski definition) is 0. The van der Waals surface area contributed by atoms with E-state index in [1.165, 1.54) is 29.4 Å². The molecule has 0 atom stereocenters. The minimum Gasteiger partial charge on any atom is -0.158 e. The molecule has 9 heavy (non-hydrogen) atoms. The Morgan fingerprint density at radius 3 is 2.00 bits per heavy atom. The van der Waals surface area contributed by atoms with E-state index < -0.39 is 0 Å². The molecule has 1 rings (SSSR count). The summed E-state index contributed by atoms with van der Waals surface area (Å²) < 4.78 is 0. The van der Waals surface area contributed by atoms with Gasteiger partial charge in [0.25, 0.3) is 0 Å². The van der Waals surface area contributed by atoms with E-state index in [4.69, 9.17) is 0 Å². The van der Waals surface area contributed by atoms with Gasteiger partial charge in [0.15, 0.2) is 0 Å². The first-order valence-corrected chi connectivity index (χ1v) is 5.61. The summed E-state index contributed by atoms with van der Waals surface area (Å²) in [5, 5.41) is 0. The van der Waals surface area contributed by atoms with Gasteiger partial charge in [-0.05, 0) is 17.9 Å². The summed E-state index contributed by atoms with van der Waals surface area (Å²) in [6.07, 6.45) is 5.95. The second kappa shape index (κ2) is 5.24. The Kier molecular flexibility index (Phi) is 4.40. The summed E-state index contributed by atoms with van der Waals surface area (Å²) in [7, 11) is 0. The fourth-order valence-corrected chi connectivity index (χ4v) is 2.46. The summed E-state index contributed by atoms with van der Waals surface area (Å²) in [5.74, 6) is 5.13. The highest BCUT2D eigenvalue weighted by molar-refractivity contribution is 8.00. The number of hydrogen-bond acceptors (Lipinski definition) is 2. The van der Waals surface area contributed by atoms with Gasteiger partial charge in [0.2, 0.25) is 0 Å². The second-order valence-electron chi connectivity index (χ2n) is 1.97. The molecule has 0 aromatic carbocycles. The first-order chi connectivity index (χ1) is 4.50. The van der Waals surface area contributed by atoms with Gasteiger partial charge in [0.1, 0.15) is 0 Å². The molecule has 0 aliphatic carbocycles. The quantitative estimate of drug-likeness (QED) is 0.499. The first-order valence-electron chi connectivity index (χ1n) is 3.30. The molecule has 0 amide bonds. The molecule has 1 heterocycles. The van der Waals surface area contributed by atoms with E-state index in [2.05, 4.69) is 12.2 Å². The Morgan fingerprint density at radius 2 is 1.44 bits per heavy atom. The zero-order valence-electron chi connectivity index (χ0n) is 5.51. The SMILES string of the molecule is C1=C\CSCCCSC/1. The maximum absolute atomic E-state index is 2.28. The largest absolute Gasteiger partial charge is 0.158 e. The molecular formula is C7H12S2. The summed E-state index contributed by atoms with van der Waals surface area (Å²) in [5.41, 5.74) is 0. The Morgan fingerprint density at radius 1 is 0.889 bits per heavy atom. The average molecular weight is 160 g/mol. The maximum Gasteiger partial charge on any atom is 0.0113 e. The molecule has 0 aromatic heterocycles. The van der Waals surface area contributed by atoms with Crippen LogP contribution in [0.4, 0.5) is 0 Å². The molecule has 0 unspecified atom stereocenters. The third kappa shape index (κ3) is 3.93. The molecule has 0 bridgehead atoms. The smallest absolute Gasteiger partial charge is 0.0113 e. The maximum atomic E-state index is 2.28. The molecule has 0 radical (unpaired) electrons. The third-order valence-electron chi connectivity index (χ3n) is 1.17. The predicted octanol–water partition coefficient (Wildman–Crippen LogP) is 2.41. The van der Waals surface area contributed by atoms with Gasteiger partial charge >= 0.3 is 0 Å². The molecule has 2 heteroatoms. The van der Waals surface area contributed by atoms with Gasteiger partial charge in [0.05, 0.1) is 0 Å². The van der Waals surface area contributed by atoms with Crippen LogP contribution in [-0.4, -0.2) is 23.0 Å². The normalized spacial score (nSPS) is 25.8. The van der Waals surface area contributed by atoms with Crippen molar-refractivity contribution >= 4 is 23.5 Å². The highest BCUT2D eigenvalue weighted by Gasteiger charge is 1.90. The molecule has 52 valence electrons. The lowest BCUT2D eigenvalue weighted by Crippen LogP contribution is -1.82. The van der Waals surface area contributed by atoms with E-state index in [0.717, 1.165) is 0 Å². The molecule has 0 nitrogen and oxygen atoms in total. The fraction of sp³-hybridized carbons (Fsp3) is 0.714. The molecule has 0 N–H and O–H groups in total. The molecule has 0 saturated carbocycles. The van der Waals surface area contributed by atoms with Crippen molar-refractivity contribution in [1.29, 1.82) is 0 Å². The average Bonchev–Trinajstić information content (AvgIpc) is 2.00. The Hall–Kier alpha value is 0.440. The first kappa shape index (κ1) is 7.55. The standard InChI is InChI=1S/C7H12S2/c1-2-5-9-7-3-6-8-4-1/h1-2H,3-7H2/b2-1-. The van der Waals surface area contributed by atoms with Crippen molar-refractivity contribution in [3.05, 3.63) is 12.2 Å². The van der Waals surface area contributed by atoms with E-state index >= 15 is 0 Å². The van der Waals surface area contributed by atoms with Crippen LogP contribution in [0.2, 0.25) is 0 Å². The van der Waals surface area contributed by atoms with Crippen molar-refractivity contribution in [1.82, 2.24) is 0 Å². The van der Waals surface area contributed by atoms with Crippen molar-refractivity contribution < 1.29 is 0 Å². The van der Waals surface area contributed by atoms with E-state index in [-0.39, 0.29) is 0 Å². The summed E-state index contributed by atoms with van der Waals surface area (Å²) in [6.45, 7) is 0. The highest BCUT2D eigenvalue weighted by Crippen LogP contribution is 2.10. The fourth-order valence-electron chi connectivity index (χ4n) is 0.702. The van der Waals surface area contributed by atoms with Crippen molar-refractivity contribution in [2.75, 3.05) is 23.0 Å². The van der Waals surface area contributed by atoms with Crippen LogP contribution < -0.4 is 0 Å². The lowest BCUT2D eigenvalue weighted by Gasteiger charge is -1.94. The highest BCUT2D eigenvalue weighted by atomic mass is 32.2. The van der Waals surface area contributed by atoms with Crippen molar-refractivity contribution in [3.8, 4) is 0 Å². The van der Waals surface area contributed by atoms with Crippen LogP contribution in [-0.2, 0) is 0 Å². The third-order valence-corrected chi connectivity index (χ3v) is 3.18. The summed E-state index contributed by atoms with van der Waals surface area (Å²) in [4.78, 5) is 0. The van der Waals surface area contributed by atoms with Gasteiger partial charge in [-0.1, -0.05) is 12.2 Å². The van der Waals surface area contributed by atoms with E-state index in [1.807, 2.05) is 23.5 Å². The summed E-state index contributed by atoms with van der Waals surface area (Å²) in [6, 6.07) is 0. The molecule has 0 saturated heterocycles. The molecule has 1 aliphatic rings.